The zero-order chi connectivity index (χ0) is 11.2. The molecular formula is C12H26N4. The highest BCUT2D eigenvalue weighted by Gasteiger charge is 2.16. The molecule has 1 atom stereocenters. The maximum absolute atomic E-state index is 3.46. The Balaban J connectivity index is 1.50. The average Bonchev–Trinajstić information content (AvgIpc) is 2.77. The first-order valence-corrected chi connectivity index (χ1v) is 6.74. The first kappa shape index (κ1) is 12.3. The van der Waals surface area contributed by atoms with E-state index in [1.807, 2.05) is 0 Å². The summed E-state index contributed by atoms with van der Waals surface area (Å²) in [5, 5.41) is 0. The summed E-state index contributed by atoms with van der Waals surface area (Å²) in [5.74, 6) is 0. The lowest BCUT2D eigenvalue weighted by Crippen LogP contribution is -2.50. The Morgan fingerprint density at radius 2 is 1.94 bits per heavy atom. The number of piperidine rings is 1. The summed E-state index contributed by atoms with van der Waals surface area (Å²) >= 11 is 0. The fourth-order valence-electron chi connectivity index (χ4n) is 2.72. The predicted octanol–water partition coefficient (Wildman–Crippen LogP) is 0.271. The van der Waals surface area contributed by atoms with Crippen LogP contribution >= 0.6 is 0 Å². The van der Waals surface area contributed by atoms with Crippen molar-refractivity contribution < 1.29 is 0 Å². The first-order valence-electron chi connectivity index (χ1n) is 6.74. The molecule has 0 aromatic rings. The second kappa shape index (κ2) is 6.55. The Bertz CT molecular complexity index is 191. The minimum absolute atomic E-state index is 0.636. The van der Waals surface area contributed by atoms with Crippen molar-refractivity contribution in [3.8, 4) is 0 Å². The number of nitrogens with zero attached hydrogens (tertiary/aromatic N) is 2. The maximum atomic E-state index is 3.46. The van der Waals surface area contributed by atoms with Crippen molar-refractivity contribution in [1.82, 2.24) is 20.7 Å². The van der Waals surface area contributed by atoms with Crippen LogP contribution in [0.5, 0.6) is 0 Å². The number of nitrogens with one attached hydrogen (secondary N) is 2. The molecule has 0 spiro atoms. The molecule has 4 heteroatoms. The van der Waals surface area contributed by atoms with Crippen LogP contribution < -0.4 is 10.9 Å². The summed E-state index contributed by atoms with van der Waals surface area (Å²) in [6.45, 7) is 7.29. The predicted molar refractivity (Wildman–Crippen MR) is 67.3 cm³/mol. The molecule has 2 saturated heterocycles. The Kier molecular flexibility index (Phi) is 5.03. The average molecular weight is 226 g/mol. The summed E-state index contributed by atoms with van der Waals surface area (Å²) in [6, 6.07) is 0.636. The van der Waals surface area contributed by atoms with Crippen molar-refractivity contribution in [3.63, 3.8) is 0 Å². The van der Waals surface area contributed by atoms with Crippen LogP contribution in [-0.2, 0) is 0 Å². The van der Waals surface area contributed by atoms with E-state index in [0.717, 1.165) is 6.54 Å². The van der Waals surface area contributed by atoms with Crippen molar-refractivity contribution in [2.75, 3.05) is 46.3 Å². The van der Waals surface area contributed by atoms with Gasteiger partial charge in [-0.3, -0.25) is 10.9 Å². The van der Waals surface area contributed by atoms with Crippen LogP contribution in [0.4, 0.5) is 0 Å². The number of likely N-dealkylation sites (tertiary alicyclic amines) is 2. The molecular weight excluding hydrogens is 200 g/mol. The van der Waals surface area contributed by atoms with Crippen molar-refractivity contribution in [3.05, 3.63) is 0 Å². The van der Waals surface area contributed by atoms with E-state index in [1.165, 1.54) is 58.4 Å². The topological polar surface area (TPSA) is 30.5 Å². The van der Waals surface area contributed by atoms with Gasteiger partial charge in [0.1, 0.15) is 0 Å². The zero-order valence-corrected chi connectivity index (χ0v) is 10.5. The maximum Gasteiger partial charge on any atom is 0.0340 e. The van der Waals surface area contributed by atoms with E-state index in [-0.39, 0.29) is 0 Å². The van der Waals surface area contributed by atoms with E-state index >= 15 is 0 Å². The minimum atomic E-state index is 0.636. The number of likely N-dealkylation sites (N-methyl/N-ethyl adjacent to an activating group) is 1. The third-order valence-corrected chi connectivity index (χ3v) is 3.68. The standard InChI is InChI=1S/C12H26N4/c1-15-7-4-5-12(11-15)14-13-6-10-16-8-2-3-9-16/h12-14H,2-11H2,1H3. The summed E-state index contributed by atoms with van der Waals surface area (Å²) in [4.78, 5) is 4.95. The molecule has 2 N–H and O–H groups in total. The van der Waals surface area contributed by atoms with Gasteiger partial charge >= 0.3 is 0 Å². The molecule has 0 aromatic heterocycles. The summed E-state index contributed by atoms with van der Waals surface area (Å²) in [6.07, 6.45) is 5.41. The monoisotopic (exact) mass is 226 g/mol. The van der Waals surface area contributed by atoms with Gasteiger partial charge in [-0.2, -0.15) is 0 Å². The van der Waals surface area contributed by atoms with Gasteiger partial charge in [0, 0.05) is 25.7 Å². The van der Waals surface area contributed by atoms with Crippen LogP contribution in [0.3, 0.4) is 0 Å². The number of hydrazine groups is 1. The lowest BCUT2D eigenvalue weighted by Gasteiger charge is -2.30. The van der Waals surface area contributed by atoms with Crippen LogP contribution in [0.25, 0.3) is 0 Å². The minimum Gasteiger partial charge on any atom is -0.305 e. The van der Waals surface area contributed by atoms with Gasteiger partial charge in [0.15, 0.2) is 0 Å². The van der Waals surface area contributed by atoms with Gasteiger partial charge < -0.3 is 9.80 Å². The van der Waals surface area contributed by atoms with Crippen LogP contribution in [0.2, 0.25) is 0 Å². The molecule has 0 saturated carbocycles. The third kappa shape index (κ3) is 4.01. The van der Waals surface area contributed by atoms with Crippen LogP contribution in [-0.4, -0.2) is 62.2 Å². The Hall–Kier alpha value is -0.160. The van der Waals surface area contributed by atoms with Gasteiger partial charge in [0.2, 0.25) is 0 Å². The van der Waals surface area contributed by atoms with Crippen molar-refractivity contribution in [2.45, 2.75) is 31.7 Å². The van der Waals surface area contributed by atoms with E-state index in [9.17, 15) is 0 Å². The molecule has 2 fully saturated rings. The van der Waals surface area contributed by atoms with Gasteiger partial charge in [-0.05, 0) is 52.4 Å². The smallest absolute Gasteiger partial charge is 0.0340 e. The van der Waals surface area contributed by atoms with E-state index in [4.69, 9.17) is 0 Å². The van der Waals surface area contributed by atoms with Gasteiger partial charge in [0.05, 0.1) is 0 Å². The summed E-state index contributed by atoms with van der Waals surface area (Å²) < 4.78 is 0. The van der Waals surface area contributed by atoms with E-state index < -0.39 is 0 Å². The second-order valence-electron chi connectivity index (χ2n) is 5.22. The van der Waals surface area contributed by atoms with E-state index in [1.54, 1.807) is 0 Å². The Morgan fingerprint density at radius 1 is 1.12 bits per heavy atom. The number of hydrogen-bond donors (Lipinski definition) is 2. The first-order chi connectivity index (χ1) is 7.84. The van der Waals surface area contributed by atoms with Gasteiger partial charge in [-0.15, -0.1) is 0 Å². The Labute approximate surface area is 99.3 Å². The van der Waals surface area contributed by atoms with Gasteiger partial charge in [0.25, 0.3) is 0 Å². The molecule has 2 heterocycles. The molecule has 0 amide bonds. The van der Waals surface area contributed by atoms with Crippen molar-refractivity contribution in [2.24, 2.45) is 0 Å². The van der Waals surface area contributed by atoms with Crippen molar-refractivity contribution in [1.29, 1.82) is 0 Å². The van der Waals surface area contributed by atoms with Gasteiger partial charge in [-0.25, -0.2) is 0 Å². The second-order valence-corrected chi connectivity index (χ2v) is 5.22. The molecule has 0 radical (unpaired) electrons. The third-order valence-electron chi connectivity index (χ3n) is 3.68. The molecule has 1 unspecified atom stereocenters. The molecule has 2 rings (SSSR count). The highest BCUT2D eigenvalue weighted by molar-refractivity contribution is 4.75. The summed E-state index contributed by atoms with van der Waals surface area (Å²) in [7, 11) is 2.21. The van der Waals surface area contributed by atoms with Gasteiger partial charge in [-0.1, -0.05) is 0 Å². The zero-order valence-electron chi connectivity index (χ0n) is 10.5. The van der Waals surface area contributed by atoms with Crippen molar-refractivity contribution >= 4 is 0 Å². The van der Waals surface area contributed by atoms with Crippen LogP contribution in [0.1, 0.15) is 25.7 Å². The van der Waals surface area contributed by atoms with Crippen LogP contribution in [0, 0.1) is 0 Å². The number of hydrogen-bond acceptors (Lipinski definition) is 4. The lowest BCUT2D eigenvalue weighted by atomic mass is 10.1. The molecule has 4 nitrogen and oxygen atoms in total. The quantitative estimate of drug-likeness (QED) is 0.520. The number of rotatable bonds is 5. The lowest BCUT2D eigenvalue weighted by molar-refractivity contribution is 0.210. The van der Waals surface area contributed by atoms with Crippen LogP contribution in [0.15, 0.2) is 0 Å². The Morgan fingerprint density at radius 3 is 2.69 bits per heavy atom. The fraction of sp³-hybridized carbons (Fsp3) is 1.00. The highest BCUT2D eigenvalue weighted by atomic mass is 15.4. The fourth-order valence-corrected chi connectivity index (χ4v) is 2.72. The molecule has 94 valence electrons. The molecule has 2 aliphatic rings. The van der Waals surface area contributed by atoms with E-state index in [0.29, 0.717) is 6.04 Å². The molecule has 0 aliphatic carbocycles. The molecule has 0 aromatic carbocycles. The molecule has 16 heavy (non-hydrogen) atoms. The summed E-state index contributed by atoms with van der Waals surface area (Å²) in [5.41, 5.74) is 6.84. The normalized spacial score (nSPS) is 28.7. The SMILES string of the molecule is CN1CCCC(NNCCN2CCCC2)C1. The highest BCUT2D eigenvalue weighted by Crippen LogP contribution is 2.07. The molecule has 0 bridgehead atoms. The largest absolute Gasteiger partial charge is 0.305 e. The van der Waals surface area contributed by atoms with E-state index in [2.05, 4.69) is 27.7 Å². The molecule has 2 aliphatic heterocycles.